The lowest BCUT2D eigenvalue weighted by atomic mass is 10.2. The van der Waals surface area contributed by atoms with E-state index in [-0.39, 0.29) is 12.1 Å². The summed E-state index contributed by atoms with van der Waals surface area (Å²) in [6.45, 7) is 8.59. The minimum Gasteiger partial charge on any atom is -0.374 e. The van der Waals surface area contributed by atoms with Crippen LogP contribution in [-0.2, 0) is 4.74 Å². The van der Waals surface area contributed by atoms with Crippen LogP contribution in [0.15, 0.2) is 11.6 Å². The highest BCUT2D eigenvalue weighted by Crippen LogP contribution is 2.10. The highest BCUT2D eigenvalue weighted by Gasteiger charge is 2.21. The van der Waals surface area contributed by atoms with E-state index < -0.39 is 0 Å². The molecule has 0 aliphatic carbocycles. The number of morpholine rings is 1. The van der Waals surface area contributed by atoms with Crippen LogP contribution in [0.4, 0.5) is 9.93 Å². The summed E-state index contributed by atoms with van der Waals surface area (Å²) in [5.74, 6) is 0.648. The van der Waals surface area contributed by atoms with Crippen molar-refractivity contribution in [2.75, 3.05) is 38.1 Å². The lowest BCUT2D eigenvalue weighted by Gasteiger charge is -2.33. The minimum atomic E-state index is -0.232. The summed E-state index contributed by atoms with van der Waals surface area (Å²) >= 11 is 1.40. The average Bonchev–Trinajstić information content (AvgIpc) is 2.89. The van der Waals surface area contributed by atoms with Crippen LogP contribution in [0.25, 0.3) is 0 Å². The number of nitrogens with one attached hydrogen (secondary N) is 2. The number of rotatable bonds is 5. The second-order valence-electron chi connectivity index (χ2n) is 5.32. The van der Waals surface area contributed by atoms with Crippen LogP contribution < -0.4 is 10.6 Å². The van der Waals surface area contributed by atoms with Crippen molar-refractivity contribution in [1.82, 2.24) is 15.2 Å². The van der Waals surface area contributed by atoms with Gasteiger partial charge in [0.2, 0.25) is 0 Å². The summed E-state index contributed by atoms with van der Waals surface area (Å²) in [6.07, 6.45) is 1.72. The van der Waals surface area contributed by atoms with Gasteiger partial charge in [0, 0.05) is 37.8 Å². The molecule has 1 atom stereocenters. The Labute approximate surface area is 123 Å². The van der Waals surface area contributed by atoms with Gasteiger partial charge in [-0.2, -0.15) is 0 Å². The molecule has 0 spiro atoms. The number of carbonyl (C=O) groups excluding carboxylic acids is 1. The number of ether oxygens (including phenoxy) is 1. The van der Waals surface area contributed by atoms with Crippen molar-refractivity contribution < 1.29 is 9.53 Å². The zero-order valence-corrected chi connectivity index (χ0v) is 12.8. The van der Waals surface area contributed by atoms with Crippen LogP contribution in [0.1, 0.15) is 13.8 Å². The lowest BCUT2D eigenvalue weighted by Crippen LogP contribution is -2.48. The van der Waals surface area contributed by atoms with Crippen molar-refractivity contribution in [2.24, 2.45) is 5.92 Å². The quantitative estimate of drug-likeness (QED) is 0.867. The van der Waals surface area contributed by atoms with E-state index >= 15 is 0 Å². The predicted octanol–water partition coefficient (Wildman–Crippen LogP) is 1.62. The van der Waals surface area contributed by atoms with Gasteiger partial charge >= 0.3 is 6.03 Å². The largest absolute Gasteiger partial charge is 0.374 e. The number of anilines is 1. The summed E-state index contributed by atoms with van der Waals surface area (Å²) in [7, 11) is 0. The first kappa shape index (κ1) is 15.2. The fraction of sp³-hybridized carbons (Fsp3) is 0.692. The van der Waals surface area contributed by atoms with Crippen molar-refractivity contribution in [3.05, 3.63) is 11.6 Å². The number of amides is 2. The Hall–Kier alpha value is -1.18. The van der Waals surface area contributed by atoms with Gasteiger partial charge in [0.15, 0.2) is 5.13 Å². The average molecular weight is 298 g/mol. The van der Waals surface area contributed by atoms with Crippen LogP contribution in [0, 0.1) is 5.92 Å². The Bertz CT molecular complexity index is 411. The summed E-state index contributed by atoms with van der Waals surface area (Å²) in [4.78, 5) is 18.1. The molecule has 20 heavy (non-hydrogen) atoms. The van der Waals surface area contributed by atoms with Crippen molar-refractivity contribution in [3.63, 3.8) is 0 Å². The molecule has 2 amide bonds. The molecule has 1 unspecified atom stereocenters. The molecule has 1 fully saturated rings. The Morgan fingerprint density at radius 2 is 2.50 bits per heavy atom. The van der Waals surface area contributed by atoms with Gasteiger partial charge in [-0.15, -0.1) is 11.3 Å². The first-order valence-corrected chi connectivity index (χ1v) is 7.79. The van der Waals surface area contributed by atoms with Crippen molar-refractivity contribution >= 4 is 22.5 Å². The van der Waals surface area contributed by atoms with E-state index in [0.29, 0.717) is 17.6 Å². The second-order valence-corrected chi connectivity index (χ2v) is 6.21. The van der Waals surface area contributed by atoms with Gasteiger partial charge in [0.1, 0.15) is 0 Å². The molecule has 1 aliphatic heterocycles. The number of carbonyl (C=O) groups is 1. The SMILES string of the molecule is CC(C)CN1CCOC(CNC(=O)Nc2nccs2)C1. The molecule has 2 heterocycles. The van der Waals surface area contributed by atoms with Crippen LogP contribution in [0.2, 0.25) is 0 Å². The summed E-state index contributed by atoms with van der Waals surface area (Å²) in [6, 6.07) is -0.232. The van der Waals surface area contributed by atoms with E-state index in [2.05, 4.69) is 34.4 Å². The van der Waals surface area contributed by atoms with Gasteiger partial charge in [-0.05, 0) is 5.92 Å². The van der Waals surface area contributed by atoms with Gasteiger partial charge in [-0.1, -0.05) is 13.8 Å². The maximum Gasteiger partial charge on any atom is 0.321 e. The maximum absolute atomic E-state index is 11.7. The fourth-order valence-electron chi connectivity index (χ4n) is 2.22. The lowest BCUT2D eigenvalue weighted by molar-refractivity contribution is -0.0288. The van der Waals surface area contributed by atoms with Crippen LogP contribution in [0.3, 0.4) is 0 Å². The third-order valence-corrected chi connectivity index (χ3v) is 3.68. The zero-order chi connectivity index (χ0) is 14.4. The standard InChI is InChI=1S/C13H22N4O2S/c1-10(2)8-17-4-5-19-11(9-17)7-15-12(18)16-13-14-3-6-20-13/h3,6,10-11H,4-5,7-9H2,1-2H3,(H2,14,15,16,18). The second kappa shape index (κ2) is 7.56. The molecule has 0 aromatic carbocycles. The van der Waals surface area contributed by atoms with E-state index in [1.54, 1.807) is 6.20 Å². The molecule has 6 nitrogen and oxygen atoms in total. The zero-order valence-electron chi connectivity index (χ0n) is 12.0. The normalized spacial score (nSPS) is 20.1. The Kier molecular flexibility index (Phi) is 5.75. The first-order valence-electron chi connectivity index (χ1n) is 6.92. The molecule has 2 N–H and O–H groups in total. The molecule has 0 bridgehead atoms. The molecular weight excluding hydrogens is 276 g/mol. The first-order chi connectivity index (χ1) is 9.63. The van der Waals surface area contributed by atoms with Crippen LogP contribution in [0.5, 0.6) is 0 Å². The van der Waals surface area contributed by atoms with Gasteiger partial charge in [0.05, 0.1) is 12.7 Å². The number of nitrogens with zero attached hydrogens (tertiary/aromatic N) is 2. The third-order valence-electron chi connectivity index (χ3n) is 2.99. The molecule has 2 rings (SSSR count). The van der Waals surface area contributed by atoms with Gasteiger partial charge < -0.3 is 10.1 Å². The maximum atomic E-state index is 11.7. The van der Waals surface area contributed by atoms with Crippen molar-refractivity contribution in [1.29, 1.82) is 0 Å². The van der Waals surface area contributed by atoms with Gasteiger partial charge in [-0.25, -0.2) is 9.78 Å². The molecule has 1 aliphatic rings. The Morgan fingerprint density at radius 3 is 3.20 bits per heavy atom. The number of hydrogen-bond donors (Lipinski definition) is 2. The van der Waals surface area contributed by atoms with Crippen molar-refractivity contribution in [3.8, 4) is 0 Å². The Balaban J connectivity index is 1.69. The molecule has 1 aromatic rings. The molecular formula is C13H22N4O2S. The molecule has 0 radical (unpaired) electrons. The smallest absolute Gasteiger partial charge is 0.321 e. The summed E-state index contributed by atoms with van der Waals surface area (Å²) in [5, 5.41) is 7.95. The van der Waals surface area contributed by atoms with E-state index in [4.69, 9.17) is 4.74 Å². The van der Waals surface area contributed by atoms with E-state index in [9.17, 15) is 4.79 Å². The number of aromatic nitrogens is 1. The monoisotopic (exact) mass is 298 g/mol. The van der Waals surface area contributed by atoms with Crippen molar-refractivity contribution in [2.45, 2.75) is 20.0 Å². The number of hydrogen-bond acceptors (Lipinski definition) is 5. The number of urea groups is 1. The van der Waals surface area contributed by atoms with Gasteiger partial charge in [-0.3, -0.25) is 10.2 Å². The highest BCUT2D eigenvalue weighted by molar-refractivity contribution is 7.13. The summed E-state index contributed by atoms with van der Waals surface area (Å²) in [5.41, 5.74) is 0. The molecule has 1 aromatic heterocycles. The topological polar surface area (TPSA) is 66.5 Å². The molecule has 1 saturated heterocycles. The van der Waals surface area contributed by atoms with Crippen LogP contribution >= 0.6 is 11.3 Å². The molecule has 7 heteroatoms. The third kappa shape index (κ3) is 5.07. The molecule has 112 valence electrons. The summed E-state index contributed by atoms with van der Waals surface area (Å²) < 4.78 is 5.68. The number of thiazole rings is 1. The Morgan fingerprint density at radius 1 is 1.65 bits per heavy atom. The minimum absolute atomic E-state index is 0.0598. The van der Waals surface area contributed by atoms with E-state index in [1.165, 1.54) is 11.3 Å². The highest BCUT2D eigenvalue weighted by atomic mass is 32.1. The van der Waals surface area contributed by atoms with Gasteiger partial charge in [0.25, 0.3) is 0 Å². The predicted molar refractivity (Wildman–Crippen MR) is 80.2 cm³/mol. The molecule has 0 saturated carbocycles. The van der Waals surface area contributed by atoms with Crippen LogP contribution in [-0.4, -0.2) is 54.8 Å². The van der Waals surface area contributed by atoms with E-state index in [1.807, 2.05) is 5.38 Å². The fourth-order valence-corrected chi connectivity index (χ4v) is 2.74. The van der Waals surface area contributed by atoms with E-state index in [0.717, 1.165) is 26.2 Å².